The zero-order valence-electron chi connectivity index (χ0n) is 16.3. The second-order valence-electron chi connectivity index (χ2n) is 8.00. The van der Waals surface area contributed by atoms with Gasteiger partial charge < -0.3 is 4.40 Å². The summed E-state index contributed by atoms with van der Waals surface area (Å²) < 4.78 is 4.64. The van der Waals surface area contributed by atoms with E-state index in [1.165, 1.54) is 59.9 Å². The van der Waals surface area contributed by atoms with Crippen molar-refractivity contribution in [2.45, 2.75) is 6.92 Å². The van der Waals surface area contributed by atoms with Crippen molar-refractivity contribution in [1.82, 2.24) is 9.38 Å². The van der Waals surface area contributed by atoms with Gasteiger partial charge in [-0.2, -0.15) is 0 Å². The van der Waals surface area contributed by atoms with E-state index in [1.54, 1.807) is 0 Å². The molecule has 0 N–H and O–H groups in total. The Labute approximate surface area is 166 Å². The fraction of sp³-hybridized carbons (Fsp3) is 0.0769. The van der Waals surface area contributed by atoms with Crippen molar-refractivity contribution < 1.29 is 4.57 Å². The summed E-state index contributed by atoms with van der Waals surface area (Å²) in [6.45, 7) is 2.26. The maximum absolute atomic E-state index is 4.73. The molecule has 0 spiro atoms. The van der Waals surface area contributed by atoms with Crippen molar-refractivity contribution in [2.24, 2.45) is 7.05 Å². The van der Waals surface area contributed by atoms with E-state index in [0.29, 0.717) is 0 Å². The molecule has 3 aromatic heterocycles. The number of rotatable bonds is 0. The van der Waals surface area contributed by atoms with Gasteiger partial charge in [-0.3, -0.25) is 0 Å². The Bertz CT molecular complexity index is 1770. The summed E-state index contributed by atoms with van der Waals surface area (Å²) in [5.41, 5.74) is 7.41. The lowest BCUT2D eigenvalue weighted by Crippen LogP contribution is -2.30. The Morgan fingerprint density at radius 3 is 2.31 bits per heavy atom. The quantitative estimate of drug-likeness (QED) is 0.191. The van der Waals surface area contributed by atoms with Gasteiger partial charge in [0.25, 0.3) is 6.33 Å². The molecule has 0 aliphatic carbocycles. The molecule has 7 rings (SSSR count). The van der Waals surface area contributed by atoms with Crippen LogP contribution in [0.25, 0.3) is 59.9 Å². The van der Waals surface area contributed by atoms with Crippen molar-refractivity contribution in [3.63, 3.8) is 0 Å². The highest BCUT2D eigenvalue weighted by atomic mass is 15.0. The van der Waals surface area contributed by atoms with Crippen LogP contribution in [0.4, 0.5) is 0 Å². The van der Waals surface area contributed by atoms with Crippen molar-refractivity contribution in [3.05, 3.63) is 78.6 Å². The molecule has 136 valence electrons. The number of benzene rings is 4. The maximum Gasteiger partial charge on any atom is 0.287 e. The van der Waals surface area contributed by atoms with Crippen molar-refractivity contribution in [1.29, 1.82) is 0 Å². The molecular formula is C26H18N3+. The molecule has 0 bridgehead atoms. The summed E-state index contributed by atoms with van der Waals surface area (Å²) in [7, 11) is 2.11. The molecular weight excluding hydrogens is 354 g/mol. The highest BCUT2D eigenvalue weighted by Gasteiger charge is 2.25. The van der Waals surface area contributed by atoms with Crippen LogP contribution in [-0.4, -0.2) is 9.38 Å². The van der Waals surface area contributed by atoms with Crippen LogP contribution in [0, 0.1) is 6.92 Å². The third-order valence-electron chi connectivity index (χ3n) is 6.54. The van der Waals surface area contributed by atoms with Gasteiger partial charge >= 0.3 is 0 Å². The Hall–Kier alpha value is -3.72. The van der Waals surface area contributed by atoms with Crippen molar-refractivity contribution >= 4 is 59.9 Å². The van der Waals surface area contributed by atoms with E-state index in [1.807, 2.05) is 6.33 Å². The normalized spacial score (nSPS) is 12.5. The number of fused-ring (bicyclic) bond motifs is 7. The highest BCUT2D eigenvalue weighted by Crippen LogP contribution is 2.44. The molecule has 0 amide bonds. The monoisotopic (exact) mass is 372 g/mol. The second kappa shape index (κ2) is 5.00. The van der Waals surface area contributed by atoms with Gasteiger partial charge in [0.2, 0.25) is 0 Å². The first-order valence-electron chi connectivity index (χ1n) is 9.98. The van der Waals surface area contributed by atoms with Crippen LogP contribution in [-0.2, 0) is 7.05 Å². The number of para-hydroxylation sites is 1. The predicted molar refractivity (Wildman–Crippen MR) is 120 cm³/mol. The molecule has 0 radical (unpaired) electrons. The zero-order chi connectivity index (χ0) is 19.3. The van der Waals surface area contributed by atoms with Crippen LogP contribution in [0.1, 0.15) is 5.56 Å². The number of hydrogen-bond acceptors (Lipinski definition) is 1. The minimum Gasteiger partial charge on any atom is -0.308 e. The number of aryl methyl sites for hydroxylation is 2. The topological polar surface area (TPSA) is 21.2 Å². The molecule has 3 heteroatoms. The van der Waals surface area contributed by atoms with Crippen LogP contribution >= 0.6 is 0 Å². The van der Waals surface area contributed by atoms with Gasteiger partial charge in [-0.25, -0.2) is 4.57 Å². The number of aromatic nitrogens is 3. The van der Waals surface area contributed by atoms with Gasteiger partial charge in [0.05, 0.1) is 34.4 Å². The number of pyridine rings is 1. The summed E-state index contributed by atoms with van der Waals surface area (Å²) in [6.07, 6.45) is 1.94. The van der Waals surface area contributed by atoms with Crippen LogP contribution < -0.4 is 4.57 Å². The minimum atomic E-state index is 1.04. The Balaban J connectivity index is 2.05. The summed E-state index contributed by atoms with van der Waals surface area (Å²) in [5, 5.41) is 7.85. The molecule has 4 aromatic carbocycles. The SMILES string of the molecule is Cc1c2ccccc2c2c3ccccc3n3c4cccc5nc[n+](C)c(c1c23)c54. The fourth-order valence-electron chi connectivity index (χ4n) is 5.38. The van der Waals surface area contributed by atoms with E-state index in [9.17, 15) is 0 Å². The molecule has 29 heavy (non-hydrogen) atoms. The molecule has 0 saturated carbocycles. The first-order chi connectivity index (χ1) is 14.3. The van der Waals surface area contributed by atoms with E-state index < -0.39 is 0 Å². The summed E-state index contributed by atoms with van der Waals surface area (Å²) in [6, 6.07) is 24.1. The van der Waals surface area contributed by atoms with E-state index in [2.05, 4.69) is 89.7 Å². The average Bonchev–Trinajstić information content (AvgIpc) is 3.11. The zero-order valence-corrected chi connectivity index (χ0v) is 16.3. The van der Waals surface area contributed by atoms with Crippen molar-refractivity contribution in [2.75, 3.05) is 0 Å². The predicted octanol–water partition coefficient (Wildman–Crippen LogP) is 5.67. The first-order valence-corrected chi connectivity index (χ1v) is 9.98. The Kier molecular flexibility index (Phi) is 2.63. The van der Waals surface area contributed by atoms with Crippen LogP contribution in [0.3, 0.4) is 0 Å². The van der Waals surface area contributed by atoms with Gasteiger partial charge in [-0.1, -0.05) is 48.5 Å². The Morgan fingerprint density at radius 2 is 1.45 bits per heavy atom. The Morgan fingerprint density at radius 1 is 0.724 bits per heavy atom. The van der Waals surface area contributed by atoms with Gasteiger partial charge in [0.1, 0.15) is 5.52 Å². The third-order valence-corrected chi connectivity index (χ3v) is 6.54. The van der Waals surface area contributed by atoms with Gasteiger partial charge in [-0.15, -0.1) is 0 Å². The fourth-order valence-corrected chi connectivity index (χ4v) is 5.38. The standard InChI is InChI=1S/C26H18N3/c1-15-16-8-3-4-9-17(16)23-18-10-5-6-12-20(18)29-21-13-7-11-19-24(21)25(22(15)26(23)29)28(2)14-27-19/h3-14H,1-2H3/q+1. The summed E-state index contributed by atoms with van der Waals surface area (Å²) in [5.74, 6) is 0. The molecule has 0 atom stereocenters. The van der Waals surface area contributed by atoms with E-state index in [0.717, 1.165) is 5.52 Å². The molecule has 0 aliphatic rings. The van der Waals surface area contributed by atoms with Gasteiger partial charge in [-0.05, 0) is 46.4 Å². The lowest BCUT2D eigenvalue weighted by atomic mass is 9.94. The van der Waals surface area contributed by atoms with E-state index >= 15 is 0 Å². The molecule has 0 fully saturated rings. The first kappa shape index (κ1) is 15.2. The molecule has 3 nitrogen and oxygen atoms in total. The average molecular weight is 372 g/mol. The molecule has 3 heterocycles. The minimum absolute atomic E-state index is 1.04. The van der Waals surface area contributed by atoms with E-state index in [-0.39, 0.29) is 0 Å². The van der Waals surface area contributed by atoms with Crippen LogP contribution in [0.5, 0.6) is 0 Å². The molecule has 0 aliphatic heterocycles. The third kappa shape index (κ3) is 1.66. The van der Waals surface area contributed by atoms with Gasteiger partial charge in [0, 0.05) is 10.8 Å². The summed E-state index contributed by atoms with van der Waals surface area (Å²) in [4.78, 5) is 4.73. The highest BCUT2D eigenvalue weighted by molar-refractivity contribution is 6.32. The smallest absolute Gasteiger partial charge is 0.287 e. The molecule has 0 unspecified atom stereocenters. The second-order valence-corrected chi connectivity index (χ2v) is 8.00. The molecule has 0 saturated heterocycles. The number of hydrogen-bond donors (Lipinski definition) is 0. The van der Waals surface area contributed by atoms with E-state index in [4.69, 9.17) is 4.98 Å². The molecule has 7 aromatic rings. The maximum atomic E-state index is 4.73. The largest absolute Gasteiger partial charge is 0.308 e. The lowest BCUT2D eigenvalue weighted by molar-refractivity contribution is -0.646. The van der Waals surface area contributed by atoms with Crippen LogP contribution in [0.15, 0.2) is 73.1 Å². The van der Waals surface area contributed by atoms with Crippen molar-refractivity contribution in [3.8, 4) is 0 Å². The summed E-state index contributed by atoms with van der Waals surface area (Å²) >= 11 is 0. The van der Waals surface area contributed by atoms with Gasteiger partial charge in [0.15, 0.2) is 5.52 Å². The lowest BCUT2D eigenvalue weighted by Gasteiger charge is -2.14. The van der Waals surface area contributed by atoms with Crippen LogP contribution in [0.2, 0.25) is 0 Å². The number of nitrogens with zero attached hydrogens (tertiary/aromatic N) is 3.